The molecule has 0 saturated heterocycles. The first-order valence-corrected chi connectivity index (χ1v) is 7.83. The number of aromatic amines is 1. The van der Waals surface area contributed by atoms with Crippen LogP contribution >= 0.6 is 0 Å². The third kappa shape index (κ3) is 3.32. The van der Waals surface area contributed by atoms with E-state index >= 15 is 0 Å². The van der Waals surface area contributed by atoms with E-state index in [4.69, 9.17) is 9.72 Å². The van der Waals surface area contributed by atoms with Gasteiger partial charge in [0.15, 0.2) is 5.82 Å². The molecule has 2 aromatic rings. The molecule has 0 bridgehead atoms. The summed E-state index contributed by atoms with van der Waals surface area (Å²) in [5.41, 5.74) is 1.33. The second-order valence-electron chi connectivity index (χ2n) is 5.82. The van der Waals surface area contributed by atoms with Crippen LogP contribution in [0, 0.1) is 5.92 Å². The summed E-state index contributed by atoms with van der Waals surface area (Å²) in [6, 6.07) is 10.7. The molecule has 4 nitrogen and oxygen atoms in total. The highest BCUT2D eigenvalue weighted by Crippen LogP contribution is 2.40. The monoisotopic (exact) mass is 285 g/mol. The van der Waals surface area contributed by atoms with E-state index in [1.54, 1.807) is 7.11 Å². The normalized spacial score (nSPS) is 17.2. The Morgan fingerprint density at radius 1 is 1.24 bits per heavy atom. The van der Waals surface area contributed by atoms with Gasteiger partial charge in [-0.25, -0.2) is 4.98 Å². The molecule has 0 amide bonds. The summed E-state index contributed by atoms with van der Waals surface area (Å²) in [5.74, 6) is 2.85. The first-order chi connectivity index (χ1) is 10.4. The smallest absolute Gasteiger partial charge is 0.158 e. The van der Waals surface area contributed by atoms with Gasteiger partial charge < -0.3 is 4.74 Å². The maximum Gasteiger partial charge on any atom is 0.158 e. The van der Waals surface area contributed by atoms with E-state index in [1.807, 2.05) is 0 Å². The predicted molar refractivity (Wildman–Crippen MR) is 82.2 cm³/mol. The molecule has 1 aromatic carbocycles. The van der Waals surface area contributed by atoms with Crippen LogP contribution in [0.3, 0.4) is 0 Å². The Kier molecular flexibility index (Phi) is 4.65. The van der Waals surface area contributed by atoms with Crippen LogP contribution in [0.1, 0.15) is 48.8 Å². The molecule has 0 unspecified atom stereocenters. The molecule has 0 radical (unpaired) electrons. The van der Waals surface area contributed by atoms with Crippen LogP contribution < -0.4 is 0 Å². The summed E-state index contributed by atoms with van der Waals surface area (Å²) in [7, 11) is 1.71. The van der Waals surface area contributed by atoms with Crippen LogP contribution in [0.5, 0.6) is 0 Å². The van der Waals surface area contributed by atoms with Crippen LogP contribution in [0.4, 0.5) is 0 Å². The fourth-order valence-electron chi connectivity index (χ4n) is 3.34. The van der Waals surface area contributed by atoms with Gasteiger partial charge in [0.2, 0.25) is 0 Å². The van der Waals surface area contributed by atoms with E-state index in [2.05, 4.69) is 40.5 Å². The number of methoxy groups -OCH3 is 1. The number of hydrogen-bond acceptors (Lipinski definition) is 3. The molecular formula is C17H23N3O. The van der Waals surface area contributed by atoms with E-state index in [-0.39, 0.29) is 0 Å². The first-order valence-electron chi connectivity index (χ1n) is 7.83. The van der Waals surface area contributed by atoms with Gasteiger partial charge in [0.05, 0.1) is 6.61 Å². The van der Waals surface area contributed by atoms with Crippen molar-refractivity contribution in [2.45, 2.75) is 38.0 Å². The van der Waals surface area contributed by atoms with E-state index in [9.17, 15) is 0 Å². The predicted octanol–water partition coefficient (Wildman–Crippen LogP) is 3.32. The van der Waals surface area contributed by atoms with Crippen LogP contribution in [-0.4, -0.2) is 28.9 Å². The van der Waals surface area contributed by atoms with Crippen LogP contribution in [0.15, 0.2) is 30.3 Å². The maximum absolute atomic E-state index is 5.11. The molecule has 1 heterocycles. The van der Waals surface area contributed by atoms with Crippen molar-refractivity contribution < 1.29 is 4.74 Å². The number of aromatic nitrogens is 3. The van der Waals surface area contributed by atoms with Crippen molar-refractivity contribution in [3.8, 4) is 0 Å². The lowest BCUT2D eigenvalue weighted by molar-refractivity contribution is 0.200. The molecular weight excluding hydrogens is 262 g/mol. The topological polar surface area (TPSA) is 50.8 Å². The van der Waals surface area contributed by atoms with Gasteiger partial charge in [0.1, 0.15) is 5.82 Å². The number of hydrogen-bond donors (Lipinski definition) is 1. The Morgan fingerprint density at radius 2 is 2.00 bits per heavy atom. The third-order valence-electron chi connectivity index (χ3n) is 4.40. The molecule has 0 aliphatic heterocycles. The lowest BCUT2D eigenvalue weighted by atomic mass is 9.84. The Bertz CT molecular complexity index is 546. The highest BCUT2D eigenvalue weighted by atomic mass is 16.5. The fourth-order valence-corrected chi connectivity index (χ4v) is 3.34. The summed E-state index contributed by atoms with van der Waals surface area (Å²) >= 11 is 0. The van der Waals surface area contributed by atoms with Gasteiger partial charge in [0.25, 0.3) is 0 Å². The molecule has 1 aliphatic rings. The van der Waals surface area contributed by atoms with Gasteiger partial charge >= 0.3 is 0 Å². The summed E-state index contributed by atoms with van der Waals surface area (Å²) in [5, 5.41) is 7.57. The lowest BCUT2D eigenvalue weighted by Gasteiger charge is -2.21. The standard InChI is InChI=1S/C17H23N3O/c1-21-12-11-15-18-17(20-19-15)16(14-9-5-6-10-14)13-7-3-2-4-8-13/h2-4,7-8,14,16H,5-6,9-12H2,1H3,(H,18,19,20)/t16-/m0/s1. The highest BCUT2D eigenvalue weighted by Gasteiger charge is 2.30. The highest BCUT2D eigenvalue weighted by molar-refractivity contribution is 5.26. The molecule has 1 atom stereocenters. The zero-order chi connectivity index (χ0) is 14.5. The van der Waals surface area contributed by atoms with Gasteiger partial charge in [-0.3, -0.25) is 5.10 Å². The second-order valence-corrected chi connectivity index (χ2v) is 5.82. The Labute approximate surface area is 125 Å². The quantitative estimate of drug-likeness (QED) is 0.886. The first kappa shape index (κ1) is 14.3. The minimum atomic E-state index is 0.321. The van der Waals surface area contributed by atoms with Gasteiger partial charge in [-0.05, 0) is 24.3 Å². The SMILES string of the molecule is COCCc1nc([C@@H](c2ccccc2)C2CCCC2)n[nH]1. The van der Waals surface area contributed by atoms with E-state index in [0.717, 1.165) is 18.1 Å². The average Bonchev–Trinajstić information content (AvgIpc) is 3.19. The summed E-state index contributed by atoms with van der Waals surface area (Å²) in [6.45, 7) is 0.675. The van der Waals surface area contributed by atoms with Crippen molar-refractivity contribution in [2.24, 2.45) is 5.92 Å². The van der Waals surface area contributed by atoms with E-state index in [0.29, 0.717) is 18.4 Å². The third-order valence-corrected chi connectivity index (χ3v) is 4.40. The van der Waals surface area contributed by atoms with Crippen molar-refractivity contribution in [1.29, 1.82) is 0 Å². The van der Waals surface area contributed by atoms with Gasteiger partial charge in [-0.15, -0.1) is 0 Å². The van der Waals surface area contributed by atoms with Crippen molar-refractivity contribution in [2.75, 3.05) is 13.7 Å². The van der Waals surface area contributed by atoms with Crippen LogP contribution in [0.2, 0.25) is 0 Å². The second kappa shape index (κ2) is 6.85. The lowest BCUT2D eigenvalue weighted by Crippen LogP contribution is -2.13. The fraction of sp³-hybridized carbons (Fsp3) is 0.529. The van der Waals surface area contributed by atoms with E-state index < -0.39 is 0 Å². The van der Waals surface area contributed by atoms with Crippen LogP contribution in [-0.2, 0) is 11.2 Å². The number of nitrogens with zero attached hydrogens (tertiary/aromatic N) is 2. The summed E-state index contributed by atoms with van der Waals surface area (Å²) in [4.78, 5) is 4.72. The molecule has 3 rings (SSSR count). The number of rotatable bonds is 6. The van der Waals surface area contributed by atoms with Crippen LogP contribution in [0.25, 0.3) is 0 Å². The Morgan fingerprint density at radius 3 is 2.71 bits per heavy atom. The zero-order valence-corrected chi connectivity index (χ0v) is 12.6. The molecule has 112 valence electrons. The Balaban J connectivity index is 1.86. The van der Waals surface area contributed by atoms with Crippen molar-refractivity contribution in [1.82, 2.24) is 15.2 Å². The summed E-state index contributed by atoms with van der Waals surface area (Å²) < 4.78 is 5.11. The number of nitrogens with one attached hydrogen (secondary N) is 1. The molecule has 1 N–H and O–H groups in total. The van der Waals surface area contributed by atoms with E-state index in [1.165, 1.54) is 31.2 Å². The van der Waals surface area contributed by atoms with Crippen molar-refractivity contribution >= 4 is 0 Å². The van der Waals surface area contributed by atoms with Crippen molar-refractivity contribution in [3.63, 3.8) is 0 Å². The average molecular weight is 285 g/mol. The number of H-pyrrole nitrogens is 1. The molecule has 0 spiro atoms. The van der Waals surface area contributed by atoms with Gasteiger partial charge in [0, 0.05) is 19.4 Å². The molecule has 1 fully saturated rings. The minimum absolute atomic E-state index is 0.321. The van der Waals surface area contributed by atoms with Gasteiger partial charge in [-0.1, -0.05) is 43.2 Å². The molecule has 1 aliphatic carbocycles. The largest absolute Gasteiger partial charge is 0.384 e. The maximum atomic E-state index is 5.11. The Hall–Kier alpha value is -1.68. The number of benzene rings is 1. The van der Waals surface area contributed by atoms with Crippen molar-refractivity contribution in [3.05, 3.63) is 47.5 Å². The summed E-state index contributed by atoms with van der Waals surface area (Å²) in [6.07, 6.45) is 6.00. The molecule has 4 heteroatoms. The molecule has 1 aromatic heterocycles. The minimum Gasteiger partial charge on any atom is -0.384 e. The molecule has 1 saturated carbocycles. The molecule has 21 heavy (non-hydrogen) atoms. The number of ether oxygens (including phenoxy) is 1. The van der Waals surface area contributed by atoms with Gasteiger partial charge in [-0.2, -0.15) is 5.10 Å². The zero-order valence-electron chi connectivity index (χ0n) is 12.6.